The van der Waals surface area contributed by atoms with Crippen LogP contribution in [0.15, 0.2) is 22.7 Å². The summed E-state index contributed by atoms with van der Waals surface area (Å²) in [6.45, 7) is 0. The third-order valence-corrected chi connectivity index (χ3v) is 4.06. The van der Waals surface area contributed by atoms with Crippen molar-refractivity contribution < 1.29 is 0 Å². The Morgan fingerprint density at radius 2 is 2.06 bits per heavy atom. The van der Waals surface area contributed by atoms with Crippen molar-refractivity contribution in [2.75, 3.05) is 0 Å². The molecule has 0 amide bonds. The predicted molar refractivity (Wildman–Crippen MR) is 69.9 cm³/mol. The Morgan fingerprint density at radius 1 is 1.31 bits per heavy atom. The van der Waals surface area contributed by atoms with E-state index >= 15 is 0 Å². The monoisotopic (exact) mass is 298 g/mol. The molecule has 0 atom stereocenters. The molecule has 2 aromatic rings. The van der Waals surface area contributed by atoms with Gasteiger partial charge >= 0.3 is 0 Å². The van der Waals surface area contributed by atoms with Crippen molar-refractivity contribution in [3.63, 3.8) is 0 Å². The molecule has 2 nitrogen and oxygen atoms in total. The summed E-state index contributed by atoms with van der Waals surface area (Å²) in [6, 6.07) is 6.70. The quantitative estimate of drug-likeness (QED) is 0.754. The molecular formula is C12H12BrClN2. The van der Waals surface area contributed by atoms with E-state index in [0.29, 0.717) is 11.3 Å². The van der Waals surface area contributed by atoms with E-state index in [4.69, 9.17) is 11.6 Å². The standard InChI is InChI=1S/C12H12BrClN2/c13-8-5-6-11-10(7-8)15-12(14)16(11)9-3-1-2-4-9/h5-7,9H,1-4H2. The van der Waals surface area contributed by atoms with Crippen LogP contribution in [0.3, 0.4) is 0 Å². The molecule has 0 radical (unpaired) electrons. The summed E-state index contributed by atoms with van der Waals surface area (Å²) in [5.41, 5.74) is 2.13. The first-order valence-electron chi connectivity index (χ1n) is 5.59. The number of hydrogen-bond donors (Lipinski definition) is 0. The normalized spacial score (nSPS) is 17.4. The molecule has 1 aromatic carbocycles. The van der Waals surface area contributed by atoms with Gasteiger partial charge in [-0.15, -0.1) is 0 Å². The Bertz CT molecular complexity index is 529. The zero-order valence-electron chi connectivity index (χ0n) is 8.79. The van der Waals surface area contributed by atoms with Gasteiger partial charge in [0.05, 0.1) is 11.0 Å². The number of nitrogens with zero attached hydrogens (tertiary/aromatic N) is 2. The lowest BCUT2D eigenvalue weighted by atomic mass is 10.2. The van der Waals surface area contributed by atoms with Gasteiger partial charge in [0.15, 0.2) is 0 Å². The summed E-state index contributed by atoms with van der Waals surface area (Å²) in [4.78, 5) is 4.42. The minimum absolute atomic E-state index is 0.540. The molecule has 1 heterocycles. The van der Waals surface area contributed by atoms with Gasteiger partial charge in [0, 0.05) is 10.5 Å². The average molecular weight is 300 g/mol. The van der Waals surface area contributed by atoms with Gasteiger partial charge in [0.25, 0.3) is 0 Å². The van der Waals surface area contributed by atoms with Crippen LogP contribution in [0, 0.1) is 0 Å². The van der Waals surface area contributed by atoms with E-state index in [1.54, 1.807) is 0 Å². The van der Waals surface area contributed by atoms with Crippen LogP contribution in [0.2, 0.25) is 5.28 Å². The summed E-state index contributed by atoms with van der Waals surface area (Å²) in [5.74, 6) is 0. The van der Waals surface area contributed by atoms with Gasteiger partial charge in [-0.3, -0.25) is 0 Å². The second kappa shape index (κ2) is 4.04. The molecule has 1 aromatic heterocycles. The van der Waals surface area contributed by atoms with Crippen molar-refractivity contribution in [2.24, 2.45) is 0 Å². The second-order valence-corrected chi connectivity index (χ2v) is 5.58. The zero-order chi connectivity index (χ0) is 11.1. The van der Waals surface area contributed by atoms with Crippen molar-refractivity contribution >= 4 is 38.6 Å². The number of rotatable bonds is 1. The molecule has 1 fully saturated rings. The third-order valence-electron chi connectivity index (χ3n) is 3.30. The second-order valence-electron chi connectivity index (χ2n) is 4.32. The van der Waals surface area contributed by atoms with E-state index in [2.05, 4.69) is 31.5 Å². The van der Waals surface area contributed by atoms with E-state index in [-0.39, 0.29) is 0 Å². The van der Waals surface area contributed by atoms with Gasteiger partial charge in [-0.2, -0.15) is 0 Å². The summed E-state index contributed by atoms with van der Waals surface area (Å²) >= 11 is 9.69. The smallest absolute Gasteiger partial charge is 0.204 e. The number of aromatic nitrogens is 2. The molecule has 1 aliphatic carbocycles. The summed E-state index contributed by atoms with van der Waals surface area (Å²) in [6.07, 6.45) is 5.05. The van der Waals surface area contributed by atoms with Gasteiger partial charge < -0.3 is 4.57 Å². The van der Waals surface area contributed by atoms with Gasteiger partial charge in [0.2, 0.25) is 5.28 Å². The highest BCUT2D eigenvalue weighted by molar-refractivity contribution is 9.10. The van der Waals surface area contributed by atoms with Crippen LogP contribution in [-0.4, -0.2) is 9.55 Å². The highest BCUT2D eigenvalue weighted by Crippen LogP contribution is 2.35. The van der Waals surface area contributed by atoms with E-state index in [9.17, 15) is 0 Å². The topological polar surface area (TPSA) is 17.8 Å². The van der Waals surface area contributed by atoms with Crippen molar-refractivity contribution in [3.05, 3.63) is 28.0 Å². The highest BCUT2D eigenvalue weighted by Gasteiger charge is 2.21. The summed E-state index contributed by atoms with van der Waals surface area (Å²) < 4.78 is 3.24. The van der Waals surface area contributed by atoms with Gasteiger partial charge in [-0.05, 0) is 42.6 Å². The summed E-state index contributed by atoms with van der Waals surface area (Å²) in [5, 5.41) is 0.625. The van der Waals surface area contributed by atoms with E-state index in [1.165, 1.54) is 25.7 Å². The van der Waals surface area contributed by atoms with Gasteiger partial charge in [-0.1, -0.05) is 28.8 Å². The maximum absolute atomic E-state index is 6.24. The number of imidazole rings is 1. The zero-order valence-corrected chi connectivity index (χ0v) is 11.1. The van der Waals surface area contributed by atoms with Crippen molar-refractivity contribution in [2.45, 2.75) is 31.7 Å². The van der Waals surface area contributed by atoms with E-state index in [1.807, 2.05) is 12.1 Å². The van der Waals surface area contributed by atoms with Crippen molar-refractivity contribution in [1.29, 1.82) is 0 Å². The van der Waals surface area contributed by atoms with E-state index < -0.39 is 0 Å². The first-order valence-corrected chi connectivity index (χ1v) is 6.76. The first kappa shape index (κ1) is 10.6. The van der Waals surface area contributed by atoms with Crippen LogP contribution < -0.4 is 0 Å². The molecule has 0 aliphatic heterocycles. The molecule has 0 spiro atoms. The fraction of sp³-hybridized carbons (Fsp3) is 0.417. The lowest BCUT2D eigenvalue weighted by Crippen LogP contribution is -2.04. The minimum Gasteiger partial charge on any atom is -0.312 e. The SMILES string of the molecule is Clc1nc2cc(Br)ccc2n1C1CCCC1. The van der Waals surface area contributed by atoms with Crippen LogP contribution in [0.4, 0.5) is 0 Å². The molecular weight excluding hydrogens is 288 g/mol. The average Bonchev–Trinajstić information content (AvgIpc) is 2.83. The van der Waals surface area contributed by atoms with Crippen LogP contribution in [0.1, 0.15) is 31.7 Å². The Kier molecular flexibility index (Phi) is 2.68. The third kappa shape index (κ3) is 1.66. The first-order chi connectivity index (χ1) is 7.75. The fourth-order valence-electron chi connectivity index (χ4n) is 2.55. The Balaban J connectivity index is 2.18. The van der Waals surface area contributed by atoms with Gasteiger partial charge in [0.1, 0.15) is 0 Å². The van der Waals surface area contributed by atoms with Crippen LogP contribution >= 0.6 is 27.5 Å². The molecule has 0 N–H and O–H groups in total. The Hall–Kier alpha value is -0.540. The number of fused-ring (bicyclic) bond motifs is 1. The van der Waals surface area contributed by atoms with Crippen LogP contribution in [-0.2, 0) is 0 Å². The largest absolute Gasteiger partial charge is 0.312 e. The van der Waals surface area contributed by atoms with Crippen LogP contribution in [0.5, 0.6) is 0 Å². The van der Waals surface area contributed by atoms with Crippen molar-refractivity contribution in [1.82, 2.24) is 9.55 Å². The predicted octanol–water partition coefficient (Wildman–Crippen LogP) is 4.57. The lowest BCUT2D eigenvalue weighted by molar-refractivity contribution is 0.533. The maximum Gasteiger partial charge on any atom is 0.204 e. The molecule has 0 bridgehead atoms. The lowest BCUT2D eigenvalue weighted by Gasteiger charge is -2.13. The molecule has 1 saturated carbocycles. The fourth-order valence-corrected chi connectivity index (χ4v) is 3.22. The number of benzene rings is 1. The minimum atomic E-state index is 0.540. The Morgan fingerprint density at radius 3 is 2.81 bits per heavy atom. The van der Waals surface area contributed by atoms with Crippen molar-refractivity contribution in [3.8, 4) is 0 Å². The Labute approximate surface area is 108 Å². The molecule has 84 valence electrons. The molecule has 0 unspecified atom stereocenters. The molecule has 16 heavy (non-hydrogen) atoms. The van der Waals surface area contributed by atoms with E-state index in [0.717, 1.165) is 15.5 Å². The number of hydrogen-bond acceptors (Lipinski definition) is 1. The summed E-state index contributed by atoms with van der Waals surface area (Å²) in [7, 11) is 0. The maximum atomic E-state index is 6.24. The molecule has 3 rings (SSSR count). The van der Waals surface area contributed by atoms with Crippen LogP contribution in [0.25, 0.3) is 11.0 Å². The van der Waals surface area contributed by atoms with Gasteiger partial charge in [-0.25, -0.2) is 4.98 Å². The number of halogens is 2. The molecule has 4 heteroatoms. The molecule has 0 saturated heterocycles. The molecule has 1 aliphatic rings. The highest BCUT2D eigenvalue weighted by atomic mass is 79.9.